The fourth-order valence-electron chi connectivity index (χ4n) is 3.04. The summed E-state index contributed by atoms with van der Waals surface area (Å²) >= 11 is 3.37. The van der Waals surface area contributed by atoms with E-state index in [1.807, 2.05) is 13.0 Å². The zero-order chi connectivity index (χ0) is 17.5. The van der Waals surface area contributed by atoms with Gasteiger partial charge in [-0.3, -0.25) is 9.59 Å². The van der Waals surface area contributed by atoms with Crippen molar-refractivity contribution in [1.29, 1.82) is 0 Å². The Bertz CT molecular complexity index is 813. The van der Waals surface area contributed by atoms with E-state index in [1.165, 1.54) is 0 Å². The summed E-state index contributed by atoms with van der Waals surface area (Å²) in [6.07, 6.45) is 0.408. The number of Topliss-reactive ketones (excluding diaryl/α,β-unsaturated/α-hetero) is 1. The predicted octanol–water partition coefficient (Wildman–Crippen LogP) is 3.57. The maximum Gasteiger partial charge on any atom is 0.264 e. The number of carbonyl (C=O) groups is 2. The average Bonchev–Trinajstić information content (AvgIpc) is 3.05. The monoisotopic (exact) mass is 391 g/mol. The van der Waals surface area contributed by atoms with Crippen molar-refractivity contribution in [3.63, 3.8) is 0 Å². The number of hydrogen-bond acceptors (Lipinski definition) is 4. The van der Waals surface area contributed by atoms with E-state index in [9.17, 15) is 14.7 Å². The van der Waals surface area contributed by atoms with Gasteiger partial charge in [0, 0.05) is 16.6 Å². The van der Waals surface area contributed by atoms with E-state index in [1.54, 1.807) is 36.1 Å². The molecule has 2 aromatic rings. The molecular weight excluding hydrogens is 374 g/mol. The maximum atomic E-state index is 12.8. The molecule has 126 valence electrons. The van der Waals surface area contributed by atoms with Gasteiger partial charge >= 0.3 is 0 Å². The van der Waals surface area contributed by atoms with Gasteiger partial charge in [0.05, 0.1) is 12.1 Å². The Morgan fingerprint density at radius 3 is 2.71 bits per heavy atom. The van der Waals surface area contributed by atoms with E-state index < -0.39 is 17.3 Å². The molecule has 1 unspecified atom stereocenters. The van der Waals surface area contributed by atoms with Gasteiger partial charge < -0.3 is 14.4 Å². The molecule has 5 nitrogen and oxygen atoms in total. The van der Waals surface area contributed by atoms with Crippen LogP contribution in [0.25, 0.3) is 0 Å². The molecule has 0 fully saturated rings. The van der Waals surface area contributed by atoms with Crippen LogP contribution in [0.4, 0.5) is 5.69 Å². The number of fused-ring (bicyclic) bond motifs is 1. The molecule has 1 N–H and O–H groups in total. The van der Waals surface area contributed by atoms with Crippen molar-refractivity contribution >= 4 is 33.3 Å². The first-order valence-corrected chi connectivity index (χ1v) is 8.60. The van der Waals surface area contributed by atoms with Gasteiger partial charge in [-0.25, -0.2) is 0 Å². The zero-order valence-corrected chi connectivity index (χ0v) is 15.1. The van der Waals surface area contributed by atoms with Crippen LogP contribution in [-0.4, -0.2) is 23.3 Å². The van der Waals surface area contributed by atoms with Gasteiger partial charge in [-0.1, -0.05) is 22.9 Å². The van der Waals surface area contributed by atoms with E-state index >= 15 is 0 Å². The van der Waals surface area contributed by atoms with Crippen LogP contribution in [0.2, 0.25) is 0 Å². The highest BCUT2D eigenvalue weighted by atomic mass is 79.9. The second-order valence-corrected chi connectivity index (χ2v) is 6.90. The van der Waals surface area contributed by atoms with Gasteiger partial charge in [0.1, 0.15) is 5.76 Å². The lowest BCUT2D eigenvalue weighted by atomic mass is 9.89. The maximum absolute atomic E-state index is 12.8. The van der Waals surface area contributed by atoms with Crippen LogP contribution >= 0.6 is 15.9 Å². The van der Waals surface area contributed by atoms with E-state index in [0.717, 1.165) is 10.9 Å². The van der Waals surface area contributed by atoms with Gasteiger partial charge in [0.15, 0.2) is 11.4 Å². The Hall–Kier alpha value is -1.92. The van der Waals surface area contributed by atoms with Gasteiger partial charge in [-0.2, -0.15) is 0 Å². The second-order valence-electron chi connectivity index (χ2n) is 5.99. The van der Waals surface area contributed by atoms with Gasteiger partial charge in [0.2, 0.25) is 5.78 Å². The van der Waals surface area contributed by atoms with Crippen LogP contribution in [0.5, 0.6) is 0 Å². The number of halogens is 1. The SMILES string of the molecule is CCCN1C(=O)C(O)(CC(=O)c2ccc(C)o2)c2cc(Br)ccc21. The smallest absolute Gasteiger partial charge is 0.264 e. The Labute approximate surface area is 148 Å². The van der Waals surface area contributed by atoms with E-state index in [4.69, 9.17) is 4.42 Å². The lowest BCUT2D eigenvalue weighted by molar-refractivity contribution is -0.135. The largest absolute Gasteiger partial charge is 0.458 e. The molecule has 0 saturated carbocycles. The number of nitrogens with zero attached hydrogens (tertiary/aromatic N) is 1. The summed E-state index contributed by atoms with van der Waals surface area (Å²) in [6, 6.07) is 8.54. The molecule has 3 rings (SSSR count). The molecule has 0 saturated heterocycles. The van der Waals surface area contributed by atoms with Crippen molar-refractivity contribution in [2.24, 2.45) is 0 Å². The Morgan fingerprint density at radius 1 is 1.33 bits per heavy atom. The molecule has 1 atom stereocenters. The fourth-order valence-corrected chi connectivity index (χ4v) is 3.40. The number of amides is 1. The third-order valence-corrected chi connectivity index (χ3v) is 4.67. The number of aliphatic hydroxyl groups is 1. The fraction of sp³-hybridized carbons (Fsp3) is 0.333. The number of carbonyl (C=O) groups excluding carboxylic acids is 2. The minimum absolute atomic E-state index is 0.152. The number of aryl methyl sites for hydroxylation is 1. The van der Waals surface area contributed by atoms with Crippen LogP contribution in [0.3, 0.4) is 0 Å². The molecule has 1 aromatic heterocycles. The van der Waals surface area contributed by atoms with Gasteiger partial charge in [-0.05, 0) is 43.7 Å². The molecule has 24 heavy (non-hydrogen) atoms. The molecule has 2 heterocycles. The van der Waals surface area contributed by atoms with E-state index in [-0.39, 0.29) is 12.2 Å². The zero-order valence-electron chi connectivity index (χ0n) is 13.5. The first-order valence-electron chi connectivity index (χ1n) is 7.81. The molecular formula is C18H18BrNO4. The van der Waals surface area contributed by atoms with Crippen LogP contribution in [0, 0.1) is 6.92 Å². The first-order chi connectivity index (χ1) is 11.4. The Morgan fingerprint density at radius 2 is 2.08 bits per heavy atom. The van der Waals surface area contributed by atoms with Gasteiger partial charge in [0.25, 0.3) is 5.91 Å². The van der Waals surface area contributed by atoms with Crippen molar-refractivity contribution < 1.29 is 19.1 Å². The quantitative estimate of drug-likeness (QED) is 0.790. The number of hydrogen-bond donors (Lipinski definition) is 1. The molecule has 0 spiro atoms. The van der Waals surface area contributed by atoms with Crippen LogP contribution in [-0.2, 0) is 10.4 Å². The third-order valence-electron chi connectivity index (χ3n) is 4.17. The number of ketones is 1. The summed E-state index contributed by atoms with van der Waals surface area (Å²) in [4.78, 5) is 26.9. The number of rotatable bonds is 5. The van der Waals surface area contributed by atoms with Crippen molar-refractivity contribution in [2.75, 3.05) is 11.4 Å². The summed E-state index contributed by atoms with van der Waals surface area (Å²) in [6.45, 7) is 4.19. The van der Waals surface area contributed by atoms with E-state index in [2.05, 4.69) is 15.9 Å². The van der Waals surface area contributed by atoms with Crippen LogP contribution < -0.4 is 4.90 Å². The van der Waals surface area contributed by atoms with Crippen LogP contribution in [0.1, 0.15) is 41.6 Å². The lowest BCUT2D eigenvalue weighted by Crippen LogP contribution is -2.42. The van der Waals surface area contributed by atoms with E-state index in [0.29, 0.717) is 23.6 Å². The predicted molar refractivity (Wildman–Crippen MR) is 93.1 cm³/mol. The second kappa shape index (κ2) is 6.18. The minimum Gasteiger partial charge on any atom is -0.458 e. The van der Waals surface area contributed by atoms with Crippen molar-refractivity contribution in [3.05, 3.63) is 51.9 Å². The first kappa shape index (κ1) is 16.9. The normalized spacial score (nSPS) is 19.7. The summed E-state index contributed by atoms with van der Waals surface area (Å²) in [7, 11) is 0. The summed E-state index contributed by atoms with van der Waals surface area (Å²) in [5.41, 5.74) is -0.769. The number of furan rings is 1. The highest BCUT2D eigenvalue weighted by Gasteiger charge is 2.51. The molecule has 1 amide bonds. The Kier molecular flexibility index (Phi) is 4.36. The highest BCUT2D eigenvalue weighted by molar-refractivity contribution is 9.10. The lowest BCUT2D eigenvalue weighted by Gasteiger charge is -2.22. The number of anilines is 1. The molecule has 0 radical (unpaired) electrons. The van der Waals surface area contributed by atoms with Crippen molar-refractivity contribution in [3.8, 4) is 0 Å². The number of benzene rings is 1. The summed E-state index contributed by atoms with van der Waals surface area (Å²) in [5, 5.41) is 11.1. The third kappa shape index (κ3) is 2.70. The Balaban J connectivity index is 2.01. The summed E-state index contributed by atoms with van der Waals surface area (Å²) < 4.78 is 6.07. The average molecular weight is 392 g/mol. The van der Waals surface area contributed by atoms with Crippen molar-refractivity contribution in [1.82, 2.24) is 0 Å². The van der Waals surface area contributed by atoms with Crippen LogP contribution in [0.15, 0.2) is 39.2 Å². The van der Waals surface area contributed by atoms with Gasteiger partial charge in [-0.15, -0.1) is 0 Å². The molecule has 0 aliphatic carbocycles. The summed E-state index contributed by atoms with van der Waals surface area (Å²) in [5.74, 6) is -0.102. The molecule has 1 aliphatic heterocycles. The molecule has 0 bridgehead atoms. The van der Waals surface area contributed by atoms with Crippen molar-refractivity contribution in [2.45, 2.75) is 32.3 Å². The minimum atomic E-state index is -1.87. The topological polar surface area (TPSA) is 70.8 Å². The highest BCUT2D eigenvalue weighted by Crippen LogP contribution is 2.44. The molecule has 1 aromatic carbocycles. The molecule has 6 heteroatoms. The standard InChI is InChI=1S/C18H18BrNO4/c1-3-8-20-14-6-5-12(19)9-13(14)18(23,17(20)22)10-15(21)16-7-4-11(2)24-16/h4-7,9,23H,3,8,10H2,1-2H3. The molecule has 1 aliphatic rings.